The van der Waals surface area contributed by atoms with Gasteiger partial charge in [0.15, 0.2) is 0 Å². The topological polar surface area (TPSA) is 88.4 Å². The molecule has 2 aliphatic rings. The highest BCUT2D eigenvalue weighted by Crippen LogP contribution is 2.31. The van der Waals surface area contributed by atoms with E-state index in [9.17, 15) is 14.4 Å². The van der Waals surface area contributed by atoms with Gasteiger partial charge in [0.2, 0.25) is 5.91 Å². The van der Waals surface area contributed by atoms with Crippen molar-refractivity contribution in [2.75, 3.05) is 26.2 Å². The SMILES string of the molecule is Cc1nc(-c2c(C)c(C)nn(C)c2=O)sc1C(=O)N1CCN(C(=O)C2CCC2)CC1. The Hall–Kier alpha value is -2.55. The lowest BCUT2D eigenvalue weighted by molar-refractivity contribution is -0.139. The highest BCUT2D eigenvalue weighted by Gasteiger charge is 2.33. The fourth-order valence-electron chi connectivity index (χ4n) is 3.99. The highest BCUT2D eigenvalue weighted by molar-refractivity contribution is 7.17. The molecule has 0 bridgehead atoms. The minimum Gasteiger partial charge on any atom is -0.339 e. The van der Waals surface area contributed by atoms with Gasteiger partial charge in [0.05, 0.1) is 17.0 Å². The van der Waals surface area contributed by atoms with E-state index in [1.807, 2.05) is 18.7 Å². The lowest BCUT2D eigenvalue weighted by Gasteiger charge is -2.38. The standard InChI is InChI=1S/C21H27N5O3S/c1-12-13(2)23-24(4)20(28)16(12)18-22-14(3)17(30-18)21(29)26-10-8-25(9-11-26)19(27)15-6-5-7-15/h15H,5-11H2,1-4H3. The molecule has 0 unspecified atom stereocenters. The van der Waals surface area contributed by atoms with Crippen LogP contribution in [-0.2, 0) is 11.8 Å². The number of amides is 2. The van der Waals surface area contributed by atoms with Crippen LogP contribution in [0.3, 0.4) is 0 Å². The normalized spacial score (nSPS) is 17.2. The van der Waals surface area contributed by atoms with E-state index < -0.39 is 0 Å². The second kappa shape index (κ2) is 7.94. The van der Waals surface area contributed by atoms with Gasteiger partial charge in [-0.25, -0.2) is 9.67 Å². The van der Waals surface area contributed by atoms with Crippen LogP contribution >= 0.6 is 11.3 Å². The zero-order chi connectivity index (χ0) is 21.6. The average molecular weight is 430 g/mol. The molecule has 3 heterocycles. The molecule has 2 aromatic rings. The zero-order valence-electron chi connectivity index (χ0n) is 17.9. The van der Waals surface area contributed by atoms with E-state index in [-0.39, 0.29) is 23.3 Å². The van der Waals surface area contributed by atoms with Gasteiger partial charge in [0, 0.05) is 39.1 Å². The van der Waals surface area contributed by atoms with Gasteiger partial charge in [-0.1, -0.05) is 6.42 Å². The maximum Gasteiger partial charge on any atom is 0.277 e. The summed E-state index contributed by atoms with van der Waals surface area (Å²) in [6, 6.07) is 0. The molecule has 0 N–H and O–H groups in total. The van der Waals surface area contributed by atoms with Crippen LogP contribution in [0.1, 0.15) is 45.9 Å². The van der Waals surface area contributed by atoms with Gasteiger partial charge in [0.1, 0.15) is 9.88 Å². The second-order valence-electron chi connectivity index (χ2n) is 8.19. The fraction of sp³-hybridized carbons (Fsp3) is 0.571. The predicted octanol–water partition coefficient (Wildman–Crippen LogP) is 1.91. The van der Waals surface area contributed by atoms with Crippen molar-refractivity contribution in [3.05, 3.63) is 32.2 Å². The van der Waals surface area contributed by atoms with Crippen molar-refractivity contribution in [3.63, 3.8) is 0 Å². The molecular weight excluding hydrogens is 402 g/mol. The van der Waals surface area contributed by atoms with Gasteiger partial charge in [-0.05, 0) is 39.2 Å². The van der Waals surface area contributed by atoms with Crippen LogP contribution < -0.4 is 5.56 Å². The molecule has 9 heteroatoms. The number of piperazine rings is 1. The number of rotatable bonds is 3. The molecule has 4 rings (SSSR count). The van der Waals surface area contributed by atoms with Gasteiger partial charge in [0.25, 0.3) is 11.5 Å². The van der Waals surface area contributed by atoms with Crippen molar-refractivity contribution >= 4 is 23.2 Å². The van der Waals surface area contributed by atoms with E-state index in [0.717, 1.165) is 30.5 Å². The van der Waals surface area contributed by atoms with Crippen LogP contribution in [0.15, 0.2) is 4.79 Å². The van der Waals surface area contributed by atoms with Crippen LogP contribution in [0.2, 0.25) is 0 Å². The lowest BCUT2D eigenvalue weighted by atomic mass is 9.84. The van der Waals surface area contributed by atoms with Crippen molar-refractivity contribution in [2.24, 2.45) is 13.0 Å². The largest absolute Gasteiger partial charge is 0.339 e. The monoisotopic (exact) mass is 429 g/mol. The third kappa shape index (κ3) is 3.55. The molecule has 0 spiro atoms. The summed E-state index contributed by atoms with van der Waals surface area (Å²) in [5, 5.41) is 4.77. The summed E-state index contributed by atoms with van der Waals surface area (Å²) >= 11 is 1.26. The molecule has 1 aliphatic heterocycles. The van der Waals surface area contributed by atoms with Gasteiger partial charge < -0.3 is 9.80 Å². The minimum absolute atomic E-state index is 0.0766. The van der Waals surface area contributed by atoms with Crippen molar-refractivity contribution in [1.29, 1.82) is 0 Å². The van der Waals surface area contributed by atoms with E-state index in [0.29, 0.717) is 47.3 Å². The van der Waals surface area contributed by atoms with Gasteiger partial charge in [-0.2, -0.15) is 5.10 Å². The molecule has 1 saturated heterocycles. The first-order chi connectivity index (χ1) is 14.3. The smallest absolute Gasteiger partial charge is 0.277 e. The molecule has 2 fully saturated rings. The molecule has 0 aromatic carbocycles. The van der Waals surface area contributed by atoms with Gasteiger partial charge in [-0.3, -0.25) is 14.4 Å². The van der Waals surface area contributed by atoms with Crippen molar-refractivity contribution in [2.45, 2.75) is 40.0 Å². The number of carbonyl (C=O) groups is 2. The lowest BCUT2D eigenvalue weighted by Crippen LogP contribution is -2.52. The average Bonchev–Trinajstić information content (AvgIpc) is 3.06. The number of hydrogen-bond acceptors (Lipinski definition) is 6. The van der Waals surface area contributed by atoms with Crippen molar-refractivity contribution in [1.82, 2.24) is 24.6 Å². The summed E-state index contributed by atoms with van der Waals surface area (Å²) in [4.78, 5) is 47.0. The predicted molar refractivity (Wildman–Crippen MR) is 115 cm³/mol. The number of carbonyl (C=O) groups excluding carboxylic acids is 2. The first kappa shape index (κ1) is 20.7. The minimum atomic E-state index is -0.214. The Kier molecular flexibility index (Phi) is 5.48. The first-order valence-corrected chi connectivity index (χ1v) is 11.2. The molecule has 1 saturated carbocycles. The third-order valence-electron chi connectivity index (χ3n) is 6.26. The van der Waals surface area contributed by atoms with E-state index in [1.54, 1.807) is 18.9 Å². The van der Waals surface area contributed by atoms with Crippen LogP contribution in [0.5, 0.6) is 0 Å². The Morgan fingerprint density at radius 1 is 1.00 bits per heavy atom. The number of aryl methyl sites for hydroxylation is 3. The molecule has 30 heavy (non-hydrogen) atoms. The number of hydrogen-bond donors (Lipinski definition) is 0. The molecule has 1 aliphatic carbocycles. The zero-order valence-corrected chi connectivity index (χ0v) is 18.7. The van der Waals surface area contributed by atoms with E-state index in [1.165, 1.54) is 16.0 Å². The van der Waals surface area contributed by atoms with Crippen LogP contribution in [0.25, 0.3) is 10.6 Å². The van der Waals surface area contributed by atoms with Crippen molar-refractivity contribution < 1.29 is 9.59 Å². The number of thiazole rings is 1. The number of aromatic nitrogens is 3. The summed E-state index contributed by atoms with van der Waals surface area (Å²) < 4.78 is 1.31. The Morgan fingerprint density at radius 3 is 2.23 bits per heavy atom. The summed E-state index contributed by atoms with van der Waals surface area (Å²) in [5.41, 5.74) is 2.47. The van der Waals surface area contributed by atoms with Gasteiger partial charge >= 0.3 is 0 Å². The summed E-state index contributed by atoms with van der Waals surface area (Å²) in [6.45, 7) is 7.73. The maximum absolute atomic E-state index is 13.1. The Morgan fingerprint density at radius 2 is 1.63 bits per heavy atom. The van der Waals surface area contributed by atoms with E-state index in [2.05, 4.69) is 10.1 Å². The quantitative estimate of drug-likeness (QED) is 0.744. The summed E-state index contributed by atoms with van der Waals surface area (Å²) in [5.74, 6) is 0.351. The van der Waals surface area contributed by atoms with E-state index >= 15 is 0 Å². The summed E-state index contributed by atoms with van der Waals surface area (Å²) in [6.07, 6.45) is 3.13. The fourth-order valence-corrected chi connectivity index (χ4v) is 5.12. The van der Waals surface area contributed by atoms with Crippen LogP contribution in [0, 0.1) is 26.7 Å². The molecule has 8 nitrogen and oxygen atoms in total. The molecule has 160 valence electrons. The second-order valence-corrected chi connectivity index (χ2v) is 9.19. The molecule has 2 amide bonds. The molecular formula is C21H27N5O3S. The molecule has 0 atom stereocenters. The maximum atomic E-state index is 13.1. The van der Waals surface area contributed by atoms with Crippen LogP contribution in [0.4, 0.5) is 0 Å². The van der Waals surface area contributed by atoms with Crippen molar-refractivity contribution in [3.8, 4) is 10.6 Å². The van der Waals surface area contributed by atoms with Gasteiger partial charge in [-0.15, -0.1) is 11.3 Å². The van der Waals surface area contributed by atoms with E-state index in [4.69, 9.17) is 0 Å². The first-order valence-electron chi connectivity index (χ1n) is 10.4. The highest BCUT2D eigenvalue weighted by atomic mass is 32.1. The molecule has 0 radical (unpaired) electrons. The third-order valence-corrected chi connectivity index (χ3v) is 7.43. The Labute approximate surface area is 179 Å². The van der Waals surface area contributed by atoms with Crippen LogP contribution in [-0.4, -0.2) is 62.6 Å². The number of nitrogens with zero attached hydrogens (tertiary/aromatic N) is 5. The molecule has 2 aromatic heterocycles. The Balaban J connectivity index is 1.52. The summed E-state index contributed by atoms with van der Waals surface area (Å²) in [7, 11) is 1.62. The Bertz CT molecular complexity index is 1060.